The van der Waals surface area contributed by atoms with Crippen LogP contribution in [0.15, 0.2) is 47.4 Å². The van der Waals surface area contributed by atoms with Crippen molar-refractivity contribution in [2.75, 3.05) is 24.3 Å². The fourth-order valence-electron chi connectivity index (χ4n) is 2.61. The maximum atomic E-state index is 12.2. The van der Waals surface area contributed by atoms with E-state index in [0.717, 1.165) is 11.3 Å². The van der Waals surface area contributed by atoms with E-state index in [1.807, 2.05) is 42.5 Å². The van der Waals surface area contributed by atoms with E-state index >= 15 is 0 Å². The zero-order valence-corrected chi connectivity index (χ0v) is 16.7. The number of aryl methyl sites for hydroxylation is 1. The van der Waals surface area contributed by atoms with Gasteiger partial charge in [0.2, 0.25) is 0 Å². The second-order valence-electron chi connectivity index (χ2n) is 6.27. The van der Waals surface area contributed by atoms with Crippen LogP contribution in [0.5, 0.6) is 11.5 Å². The van der Waals surface area contributed by atoms with Crippen molar-refractivity contribution in [1.82, 2.24) is 0 Å². The Hall–Kier alpha value is -2.67. The SMILES string of the molecule is CCc1ccc(NC(=O)[C@@H](C)OC(=O)CSc2ccc3c(c2)OCCO3)cc1. The number of esters is 1. The molecule has 1 N–H and O–H groups in total. The molecule has 0 spiro atoms. The lowest BCUT2D eigenvalue weighted by molar-refractivity contribution is -0.150. The van der Waals surface area contributed by atoms with Gasteiger partial charge < -0.3 is 19.5 Å². The van der Waals surface area contributed by atoms with Gasteiger partial charge in [0.25, 0.3) is 5.91 Å². The fourth-order valence-corrected chi connectivity index (χ4v) is 3.32. The molecule has 0 aliphatic carbocycles. The van der Waals surface area contributed by atoms with E-state index in [9.17, 15) is 9.59 Å². The number of amides is 1. The van der Waals surface area contributed by atoms with Crippen LogP contribution < -0.4 is 14.8 Å². The third-order valence-electron chi connectivity index (χ3n) is 4.18. The number of ether oxygens (including phenoxy) is 3. The topological polar surface area (TPSA) is 73.9 Å². The Morgan fingerprint density at radius 3 is 2.54 bits per heavy atom. The van der Waals surface area contributed by atoms with Crippen LogP contribution in [0.4, 0.5) is 5.69 Å². The molecule has 2 aromatic rings. The molecule has 3 rings (SSSR count). The van der Waals surface area contributed by atoms with Crippen molar-refractivity contribution in [3.63, 3.8) is 0 Å². The highest BCUT2D eigenvalue weighted by Gasteiger charge is 2.19. The number of fused-ring (bicyclic) bond motifs is 1. The Labute approximate surface area is 168 Å². The summed E-state index contributed by atoms with van der Waals surface area (Å²) in [6.07, 6.45) is 0.0581. The Balaban J connectivity index is 1.46. The molecule has 0 saturated heterocycles. The van der Waals surface area contributed by atoms with Crippen molar-refractivity contribution in [3.05, 3.63) is 48.0 Å². The smallest absolute Gasteiger partial charge is 0.317 e. The van der Waals surface area contributed by atoms with Crippen LogP contribution in [0, 0.1) is 0 Å². The summed E-state index contributed by atoms with van der Waals surface area (Å²) in [6, 6.07) is 13.1. The fraction of sp³-hybridized carbons (Fsp3) is 0.333. The number of carbonyl (C=O) groups is 2. The highest BCUT2D eigenvalue weighted by Crippen LogP contribution is 2.34. The van der Waals surface area contributed by atoms with Gasteiger partial charge in [0, 0.05) is 10.6 Å². The van der Waals surface area contributed by atoms with Crippen LogP contribution in [0.3, 0.4) is 0 Å². The molecule has 1 aliphatic rings. The van der Waals surface area contributed by atoms with Crippen molar-refractivity contribution in [2.45, 2.75) is 31.3 Å². The normalized spacial score (nSPS) is 13.5. The van der Waals surface area contributed by atoms with Gasteiger partial charge in [-0.05, 0) is 49.2 Å². The molecule has 148 valence electrons. The summed E-state index contributed by atoms with van der Waals surface area (Å²) < 4.78 is 16.2. The maximum Gasteiger partial charge on any atom is 0.317 e. The Morgan fingerprint density at radius 2 is 1.82 bits per heavy atom. The van der Waals surface area contributed by atoms with Gasteiger partial charge >= 0.3 is 5.97 Å². The van der Waals surface area contributed by atoms with Gasteiger partial charge in [0.1, 0.15) is 13.2 Å². The lowest BCUT2D eigenvalue weighted by atomic mass is 10.1. The first-order valence-corrected chi connectivity index (χ1v) is 10.2. The predicted molar refractivity (Wildman–Crippen MR) is 108 cm³/mol. The van der Waals surface area contributed by atoms with Crippen LogP contribution in [-0.4, -0.2) is 36.9 Å². The number of carbonyl (C=O) groups excluding carboxylic acids is 2. The van der Waals surface area contributed by atoms with Crippen LogP contribution >= 0.6 is 11.8 Å². The summed E-state index contributed by atoms with van der Waals surface area (Å²) in [4.78, 5) is 25.2. The van der Waals surface area contributed by atoms with Crippen molar-refractivity contribution >= 4 is 29.3 Å². The minimum Gasteiger partial charge on any atom is -0.486 e. The molecule has 1 aliphatic heterocycles. The molecule has 0 fully saturated rings. The van der Waals surface area contributed by atoms with E-state index in [1.54, 1.807) is 6.92 Å². The predicted octanol–water partition coefficient (Wildman–Crippen LogP) is 3.68. The number of thioether (sulfide) groups is 1. The molecule has 0 aromatic heterocycles. The van der Waals surface area contributed by atoms with Crippen molar-refractivity contribution in [3.8, 4) is 11.5 Å². The lowest BCUT2D eigenvalue weighted by Crippen LogP contribution is -2.30. The summed E-state index contributed by atoms with van der Waals surface area (Å²) in [5.74, 6) is 0.662. The molecule has 1 heterocycles. The third kappa shape index (κ3) is 5.42. The van der Waals surface area contributed by atoms with Crippen LogP contribution in [0.2, 0.25) is 0 Å². The minimum absolute atomic E-state index is 0.0997. The Kier molecular flexibility index (Phi) is 6.81. The van der Waals surface area contributed by atoms with Gasteiger partial charge in [0.05, 0.1) is 5.75 Å². The van der Waals surface area contributed by atoms with Crippen molar-refractivity contribution in [2.24, 2.45) is 0 Å². The van der Waals surface area contributed by atoms with Crippen molar-refractivity contribution in [1.29, 1.82) is 0 Å². The molecular formula is C21H23NO5S. The summed E-state index contributed by atoms with van der Waals surface area (Å²) >= 11 is 1.32. The van der Waals surface area contributed by atoms with Gasteiger partial charge in [-0.25, -0.2) is 0 Å². The molecule has 2 aromatic carbocycles. The van der Waals surface area contributed by atoms with Gasteiger partial charge in [-0.3, -0.25) is 9.59 Å². The maximum absolute atomic E-state index is 12.2. The van der Waals surface area contributed by atoms with E-state index in [2.05, 4.69) is 12.2 Å². The van der Waals surface area contributed by atoms with E-state index < -0.39 is 12.1 Å². The second-order valence-corrected chi connectivity index (χ2v) is 7.31. The number of rotatable bonds is 7. The largest absolute Gasteiger partial charge is 0.486 e. The van der Waals surface area contributed by atoms with Crippen LogP contribution in [0.1, 0.15) is 19.4 Å². The van der Waals surface area contributed by atoms with Crippen LogP contribution in [0.25, 0.3) is 0 Å². The van der Waals surface area contributed by atoms with E-state index in [4.69, 9.17) is 14.2 Å². The van der Waals surface area contributed by atoms with E-state index in [0.29, 0.717) is 30.4 Å². The van der Waals surface area contributed by atoms with Gasteiger partial charge in [-0.1, -0.05) is 19.1 Å². The lowest BCUT2D eigenvalue weighted by Gasteiger charge is -2.18. The first-order valence-electron chi connectivity index (χ1n) is 9.17. The molecule has 0 unspecified atom stereocenters. The molecule has 0 saturated carbocycles. The summed E-state index contributed by atoms with van der Waals surface area (Å²) in [5.41, 5.74) is 1.87. The van der Waals surface area contributed by atoms with Crippen LogP contribution in [-0.2, 0) is 20.7 Å². The molecule has 1 atom stereocenters. The Bertz CT molecular complexity index is 837. The van der Waals surface area contributed by atoms with Gasteiger partial charge in [-0.15, -0.1) is 11.8 Å². The molecule has 0 radical (unpaired) electrons. The first-order chi connectivity index (χ1) is 13.5. The van der Waals surface area contributed by atoms with Crippen molar-refractivity contribution < 1.29 is 23.8 Å². The number of anilines is 1. The van der Waals surface area contributed by atoms with E-state index in [1.165, 1.54) is 17.3 Å². The Morgan fingerprint density at radius 1 is 1.11 bits per heavy atom. The summed E-state index contributed by atoms with van der Waals surface area (Å²) in [7, 11) is 0. The average Bonchev–Trinajstić information content (AvgIpc) is 2.72. The second kappa shape index (κ2) is 9.50. The number of nitrogens with one attached hydrogen (secondary N) is 1. The quantitative estimate of drug-likeness (QED) is 0.564. The summed E-state index contributed by atoms with van der Waals surface area (Å²) in [6.45, 7) is 4.67. The molecule has 6 nitrogen and oxygen atoms in total. The van der Waals surface area contributed by atoms with Gasteiger partial charge in [-0.2, -0.15) is 0 Å². The molecule has 7 heteroatoms. The zero-order valence-electron chi connectivity index (χ0n) is 15.9. The standard InChI is InChI=1S/C21H23NO5S/c1-3-15-4-6-16(7-5-15)22-21(24)14(2)27-20(23)13-28-17-8-9-18-19(12-17)26-11-10-25-18/h4-9,12,14H,3,10-11,13H2,1-2H3,(H,22,24)/t14-/m1/s1. The van der Waals surface area contributed by atoms with E-state index in [-0.39, 0.29) is 11.7 Å². The average molecular weight is 401 g/mol. The number of hydrogen-bond donors (Lipinski definition) is 1. The molecular weight excluding hydrogens is 378 g/mol. The molecule has 28 heavy (non-hydrogen) atoms. The monoisotopic (exact) mass is 401 g/mol. The van der Waals surface area contributed by atoms with Gasteiger partial charge in [0.15, 0.2) is 17.6 Å². The zero-order chi connectivity index (χ0) is 19.9. The molecule has 1 amide bonds. The third-order valence-corrected chi connectivity index (χ3v) is 5.14. The number of benzene rings is 2. The highest BCUT2D eigenvalue weighted by atomic mass is 32.2. The highest BCUT2D eigenvalue weighted by molar-refractivity contribution is 8.00. The first kappa shape index (κ1) is 20.1. The minimum atomic E-state index is -0.876. The number of hydrogen-bond acceptors (Lipinski definition) is 6. The molecule has 0 bridgehead atoms. The summed E-state index contributed by atoms with van der Waals surface area (Å²) in [5, 5.41) is 2.75.